The minimum atomic E-state index is -0.390. The predicted molar refractivity (Wildman–Crippen MR) is 154 cm³/mol. The van der Waals surface area contributed by atoms with E-state index in [1.54, 1.807) is 78.9 Å². The maximum Gasteiger partial charge on any atom is 0.338 e. The van der Waals surface area contributed by atoms with E-state index in [4.69, 9.17) is 4.74 Å². The summed E-state index contributed by atoms with van der Waals surface area (Å²) in [6.07, 6.45) is 0. The molecule has 0 fully saturated rings. The van der Waals surface area contributed by atoms with Crippen molar-refractivity contribution in [3.8, 4) is 0 Å². The lowest BCUT2D eigenvalue weighted by atomic mass is 9.96. The van der Waals surface area contributed by atoms with Gasteiger partial charge in [0.15, 0.2) is 17.3 Å². The van der Waals surface area contributed by atoms with Crippen molar-refractivity contribution in [3.05, 3.63) is 142 Å². The second-order valence-corrected chi connectivity index (χ2v) is 8.45. The zero-order valence-electron chi connectivity index (χ0n) is 23.1. The van der Waals surface area contributed by atoms with Crippen LogP contribution >= 0.6 is 0 Å². The molecule has 0 atom stereocenters. The Bertz CT molecular complexity index is 1400. The number of Topliss-reactive ketones (excluding diaryl/α,β-unsaturated/α-hetero) is 2. The molecule has 4 rings (SSSR count). The number of aryl methyl sites for hydroxylation is 1. The van der Waals surface area contributed by atoms with Crippen LogP contribution in [0.5, 0.6) is 0 Å². The molecule has 0 radical (unpaired) electrons. The number of hydrogen-bond donors (Lipinski definition) is 0. The molecule has 4 aromatic carbocycles. The molecule has 0 unspecified atom stereocenters. The van der Waals surface area contributed by atoms with E-state index in [2.05, 4.69) is 0 Å². The lowest BCUT2D eigenvalue weighted by Crippen LogP contribution is -2.08. The van der Waals surface area contributed by atoms with E-state index in [0.717, 1.165) is 11.1 Å². The van der Waals surface area contributed by atoms with Crippen LogP contribution in [-0.4, -0.2) is 23.3 Å². The Balaban J connectivity index is 0.000000258. The van der Waals surface area contributed by atoms with Crippen molar-refractivity contribution in [2.24, 2.45) is 0 Å². The Kier molecular flexibility index (Phi) is 12.2. The molecule has 0 heterocycles. The topological polar surface area (TPSA) is 77.5 Å². The highest BCUT2D eigenvalue weighted by Crippen LogP contribution is 2.16. The lowest BCUT2D eigenvalue weighted by Gasteiger charge is -2.08. The first-order valence-electron chi connectivity index (χ1n) is 12.8. The van der Waals surface area contributed by atoms with Crippen molar-refractivity contribution in [2.45, 2.75) is 41.2 Å². The number of carbonyl (C=O) groups is 4. The normalized spacial score (nSPS) is 9.67. The zero-order chi connectivity index (χ0) is 28.8. The van der Waals surface area contributed by atoms with E-state index >= 15 is 0 Å². The number of carbonyl (C=O) groups excluding carboxylic acids is 4. The summed E-state index contributed by atoms with van der Waals surface area (Å²) in [6.45, 7) is 9.04. The molecule has 0 aliphatic heterocycles. The summed E-state index contributed by atoms with van der Waals surface area (Å²) in [5.74, 6) is -0.628. The summed E-state index contributed by atoms with van der Waals surface area (Å²) in [7, 11) is 0. The Morgan fingerprint density at radius 2 is 1.05 bits per heavy atom. The molecule has 0 aromatic heterocycles. The fourth-order valence-electron chi connectivity index (χ4n) is 3.64. The summed E-state index contributed by atoms with van der Waals surface area (Å²) in [4.78, 5) is 47.1. The summed E-state index contributed by atoms with van der Waals surface area (Å²) in [5, 5.41) is 0. The third-order valence-corrected chi connectivity index (χ3v) is 5.63. The summed E-state index contributed by atoms with van der Waals surface area (Å²) in [5.41, 5.74) is 4.46. The molecule has 0 aliphatic rings. The van der Waals surface area contributed by atoms with Crippen LogP contribution in [0.25, 0.3) is 0 Å². The Hall–Kier alpha value is -4.64. The quantitative estimate of drug-likeness (QED) is 0.184. The first-order chi connectivity index (χ1) is 18.8. The van der Waals surface area contributed by atoms with Gasteiger partial charge in [-0.05, 0) is 32.9 Å². The monoisotopic (exact) mass is 522 g/mol. The van der Waals surface area contributed by atoms with Crippen LogP contribution < -0.4 is 0 Å². The molecule has 200 valence electrons. The van der Waals surface area contributed by atoms with E-state index in [-0.39, 0.29) is 29.9 Å². The second-order valence-electron chi connectivity index (χ2n) is 8.45. The van der Waals surface area contributed by atoms with E-state index < -0.39 is 0 Å². The van der Waals surface area contributed by atoms with E-state index in [1.807, 2.05) is 45.0 Å². The second kappa shape index (κ2) is 15.6. The highest BCUT2D eigenvalue weighted by atomic mass is 16.5. The van der Waals surface area contributed by atoms with Crippen LogP contribution in [0.4, 0.5) is 0 Å². The summed E-state index contributed by atoms with van der Waals surface area (Å²) < 4.78 is 5.21. The van der Waals surface area contributed by atoms with E-state index in [9.17, 15) is 19.2 Å². The Morgan fingerprint density at radius 1 is 0.564 bits per heavy atom. The van der Waals surface area contributed by atoms with Crippen LogP contribution in [0.1, 0.15) is 85.8 Å². The smallest absolute Gasteiger partial charge is 0.338 e. The Labute approximate surface area is 230 Å². The summed E-state index contributed by atoms with van der Waals surface area (Å²) in [6, 6.07) is 30.2. The molecule has 0 aliphatic carbocycles. The van der Waals surface area contributed by atoms with Crippen LogP contribution in [0.3, 0.4) is 0 Å². The van der Waals surface area contributed by atoms with Gasteiger partial charge in [-0.15, -0.1) is 0 Å². The molecule has 0 N–H and O–H groups in total. The fraction of sp³-hybridized carbons (Fsp3) is 0.176. The highest BCUT2D eigenvalue weighted by molar-refractivity contribution is 6.15. The van der Waals surface area contributed by atoms with Gasteiger partial charge in [0.25, 0.3) is 0 Å². The predicted octanol–water partition coefficient (Wildman–Crippen LogP) is 7.70. The first-order valence-corrected chi connectivity index (χ1v) is 12.8. The SMILES string of the molecule is CC.CC(=O)c1ccccc1C(=O)c1ccc(C)cc1.CC(=O)c1ccccc1COC(=O)c1ccccc1. The Morgan fingerprint density at radius 3 is 1.62 bits per heavy atom. The van der Waals surface area contributed by atoms with Crippen LogP contribution in [0, 0.1) is 6.92 Å². The minimum absolute atomic E-state index is 0.0358. The number of rotatable bonds is 7. The molecule has 4 aromatic rings. The molecule has 0 bridgehead atoms. The van der Waals surface area contributed by atoms with Gasteiger partial charge in [-0.3, -0.25) is 14.4 Å². The molecule has 0 amide bonds. The maximum atomic E-state index is 12.3. The molecule has 0 spiro atoms. The molecular weight excluding hydrogens is 488 g/mol. The third-order valence-electron chi connectivity index (χ3n) is 5.63. The highest BCUT2D eigenvalue weighted by Gasteiger charge is 2.15. The van der Waals surface area contributed by atoms with Gasteiger partial charge >= 0.3 is 5.97 Å². The van der Waals surface area contributed by atoms with Crippen molar-refractivity contribution >= 4 is 23.3 Å². The van der Waals surface area contributed by atoms with Gasteiger partial charge in [-0.25, -0.2) is 4.79 Å². The van der Waals surface area contributed by atoms with Crippen LogP contribution in [0.2, 0.25) is 0 Å². The van der Waals surface area contributed by atoms with Crippen molar-refractivity contribution < 1.29 is 23.9 Å². The first kappa shape index (κ1) is 30.6. The molecule has 5 nitrogen and oxygen atoms in total. The van der Waals surface area contributed by atoms with Crippen LogP contribution in [0.15, 0.2) is 103 Å². The number of ether oxygens (including phenoxy) is 1. The van der Waals surface area contributed by atoms with Gasteiger partial charge in [0, 0.05) is 27.8 Å². The molecule has 5 heteroatoms. The maximum absolute atomic E-state index is 12.3. The average molecular weight is 523 g/mol. The van der Waals surface area contributed by atoms with Crippen molar-refractivity contribution in [1.82, 2.24) is 0 Å². The van der Waals surface area contributed by atoms with Gasteiger partial charge < -0.3 is 4.74 Å². The third kappa shape index (κ3) is 9.00. The van der Waals surface area contributed by atoms with Crippen LogP contribution in [-0.2, 0) is 11.3 Å². The number of esters is 1. The summed E-state index contributed by atoms with van der Waals surface area (Å²) >= 11 is 0. The average Bonchev–Trinajstić information content (AvgIpc) is 2.98. The molecular formula is C34H34O5. The van der Waals surface area contributed by atoms with Crippen molar-refractivity contribution in [3.63, 3.8) is 0 Å². The standard InChI is InChI=1S/C16H14O3.C16H14O2.C2H6/c1-12(17)15-10-6-5-9-14(15)11-19-16(18)13-7-3-2-4-8-13;1-11-7-9-13(10-8-11)16(18)15-6-4-3-5-14(15)12(2)17;1-2/h2-10H,11H2,1H3;3-10H,1-2H3;1-2H3. The molecule has 0 saturated heterocycles. The largest absolute Gasteiger partial charge is 0.457 e. The number of hydrogen-bond acceptors (Lipinski definition) is 5. The number of ketones is 3. The van der Waals surface area contributed by atoms with Gasteiger partial charge in [-0.1, -0.05) is 110 Å². The zero-order valence-corrected chi connectivity index (χ0v) is 23.1. The van der Waals surface area contributed by atoms with Gasteiger partial charge in [-0.2, -0.15) is 0 Å². The van der Waals surface area contributed by atoms with E-state index in [1.165, 1.54) is 13.8 Å². The lowest BCUT2D eigenvalue weighted by molar-refractivity contribution is 0.0470. The fourth-order valence-corrected chi connectivity index (χ4v) is 3.64. The van der Waals surface area contributed by atoms with E-state index in [0.29, 0.717) is 27.8 Å². The van der Waals surface area contributed by atoms with Crippen molar-refractivity contribution in [2.75, 3.05) is 0 Å². The molecule has 39 heavy (non-hydrogen) atoms. The van der Waals surface area contributed by atoms with Gasteiger partial charge in [0.2, 0.25) is 0 Å². The van der Waals surface area contributed by atoms with Gasteiger partial charge in [0.05, 0.1) is 5.56 Å². The number of benzene rings is 4. The van der Waals surface area contributed by atoms with Gasteiger partial charge in [0.1, 0.15) is 6.61 Å². The minimum Gasteiger partial charge on any atom is -0.457 e. The van der Waals surface area contributed by atoms with Crippen molar-refractivity contribution in [1.29, 1.82) is 0 Å². The molecule has 0 saturated carbocycles.